The van der Waals surface area contributed by atoms with Gasteiger partial charge in [-0.2, -0.15) is 8.42 Å². The van der Waals surface area contributed by atoms with Crippen molar-refractivity contribution in [3.05, 3.63) is 57.6 Å². The van der Waals surface area contributed by atoms with Gasteiger partial charge >= 0.3 is 10.1 Å². The summed E-state index contributed by atoms with van der Waals surface area (Å²) in [7, 11) is -4.44. The van der Waals surface area contributed by atoms with Gasteiger partial charge in [-0.15, -0.1) is 5.10 Å². The number of nitro groups is 1. The lowest BCUT2D eigenvalue weighted by atomic mass is 10.3. The van der Waals surface area contributed by atoms with Gasteiger partial charge in [-0.3, -0.25) is 14.4 Å². The van der Waals surface area contributed by atoms with Crippen molar-refractivity contribution in [2.45, 2.75) is 4.90 Å². The fraction of sp³-hybridized carbons (Fsp3) is 0. The number of rotatable bonds is 4. The van der Waals surface area contributed by atoms with Crippen molar-refractivity contribution >= 4 is 38.4 Å². The fourth-order valence-corrected chi connectivity index (χ4v) is 3.18. The van der Waals surface area contributed by atoms with Crippen LogP contribution < -0.4 is 4.28 Å². The predicted octanol–water partition coefficient (Wildman–Crippen LogP) is 1.81. The molecule has 0 amide bonds. The molecule has 0 radical (unpaired) electrons. The molecule has 3 rings (SSSR count). The summed E-state index contributed by atoms with van der Waals surface area (Å²) < 4.78 is 29.5. The summed E-state index contributed by atoms with van der Waals surface area (Å²) in [5.41, 5.74) is 0.311. The first-order valence-electron chi connectivity index (χ1n) is 6.08. The highest BCUT2D eigenvalue weighted by molar-refractivity contribution is 7.87. The molecule has 3 aromatic rings. The van der Waals surface area contributed by atoms with Crippen molar-refractivity contribution in [1.82, 2.24) is 15.2 Å². The van der Waals surface area contributed by atoms with E-state index in [0.29, 0.717) is 15.9 Å². The number of benzene rings is 2. The highest BCUT2D eigenvalue weighted by Gasteiger charge is 2.25. The number of hydrogen-bond donors (Lipinski definition) is 0. The van der Waals surface area contributed by atoms with Crippen LogP contribution in [0, 0.1) is 10.1 Å². The number of halogens is 1. The Hall–Kier alpha value is -2.72. The molecule has 0 bridgehead atoms. The van der Waals surface area contributed by atoms with E-state index >= 15 is 0 Å². The SMILES string of the molecule is O=[N+]([O-])c1ccc(Cl)c(S(=O)(=O)On2nnc3ccccc32)c1. The smallest absolute Gasteiger partial charge is 0.264 e. The number of aromatic nitrogens is 3. The molecule has 1 heterocycles. The van der Waals surface area contributed by atoms with Gasteiger partial charge in [-0.05, 0) is 23.4 Å². The highest BCUT2D eigenvalue weighted by atomic mass is 35.5. The second-order valence-corrected chi connectivity index (χ2v) is 6.26. The van der Waals surface area contributed by atoms with E-state index in [1.165, 1.54) is 0 Å². The lowest BCUT2D eigenvalue weighted by molar-refractivity contribution is -0.385. The average molecular weight is 355 g/mol. The Morgan fingerprint density at radius 2 is 1.96 bits per heavy atom. The van der Waals surface area contributed by atoms with Crippen LogP contribution in [0.2, 0.25) is 5.02 Å². The van der Waals surface area contributed by atoms with Crippen LogP contribution in [0.5, 0.6) is 0 Å². The third-order valence-electron chi connectivity index (χ3n) is 2.89. The van der Waals surface area contributed by atoms with E-state index < -0.39 is 25.6 Å². The van der Waals surface area contributed by atoms with Gasteiger partial charge in [0.25, 0.3) is 5.69 Å². The van der Waals surface area contributed by atoms with Gasteiger partial charge in [0.2, 0.25) is 0 Å². The van der Waals surface area contributed by atoms with Gasteiger partial charge in [0.05, 0.1) is 9.95 Å². The summed E-state index contributed by atoms with van der Waals surface area (Å²) in [6, 6.07) is 9.54. The van der Waals surface area contributed by atoms with Crippen molar-refractivity contribution in [1.29, 1.82) is 0 Å². The van der Waals surface area contributed by atoms with Gasteiger partial charge in [-0.25, -0.2) is 0 Å². The molecule has 0 N–H and O–H groups in total. The number of nitrogens with zero attached hydrogens (tertiary/aromatic N) is 4. The third-order valence-corrected chi connectivity index (χ3v) is 4.54. The lowest BCUT2D eigenvalue weighted by Gasteiger charge is -2.07. The first kappa shape index (κ1) is 15.2. The molecule has 0 atom stereocenters. The first-order chi connectivity index (χ1) is 10.9. The summed E-state index contributed by atoms with van der Waals surface area (Å²) in [5, 5.41) is 17.9. The molecular weight excluding hydrogens is 348 g/mol. The maximum atomic E-state index is 12.3. The van der Waals surface area contributed by atoms with Gasteiger partial charge in [0.1, 0.15) is 15.9 Å². The average Bonchev–Trinajstić information content (AvgIpc) is 2.90. The summed E-state index contributed by atoms with van der Waals surface area (Å²) >= 11 is 5.82. The number of para-hydroxylation sites is 1. The Balaban J connectivity index is 2.05. The van der Waals surface area contributed by atoms with E-state index in [2.05, 4.69) is 10.3 Å². The fourth-order valence-electron chi connectivity index (χ4n) is 1.83. The largest absolute Gasteiger partial charge is 0.360 e. The van der Waals surface area contributed by atoms with Crippen LogP contribution in [0.1, 0.15) is 0 Å². The number of hydrogen-bond acceptors (Lipinski definition) is 7. The van der Waals surface area contributed by atoms with Gasteiger partial charge in [0.15, 0.2) is 0 Å². The topological polar surface area (TPSA) is 117 Å². The maximum Gasteiger partial charge on any atom is 0.360 e. The van der Waals surface area contributed by atoms with E-state index in [4.69, 9.17) is 15.9 Å². The number of fused-ring (bicyclic) bond motifs is 1. The first-order valence-corrected chi connectivity index (χ1v) is 7.86. The third kappa shape index (κ3) is 2.81. The molecule has 0 saturated carbocycles. The monoisotopic (exact) mass is 354 g/mol. The zero-order chi connectivity index (χ0) is 16.6. The van der Waals surface area contributed by atoms with Gasteiger partial charge < -0.3 is 0 Å². The number of nitro benzene ring substituents is 1. The Morgan fingerprint density at radius 1 is 1.22 bits per heavy atom. The number of non-ortho nitro benzene ring substituents is 1. The van der Waals surface area contributed by atoms with Crippen molar-refractivity contribution in [3.63, 3.8) is 0 Å². The molecule has 0 aliphatic carbocycles. The molecule has 118 valence electrons. The minimum atomic E-state index is -4.44. The van der Waals surface area contributed by atoms with Crippen LogP contribution in [-0.4, -0.2) is 28.5 Å². The minimum Gasteiger partial charge on any atom is -0.264 e. The van der Waals surface area contributed by atoms with Crippen molar-refractivity contribution in [2.24, 2.45) is 0 Å². The van der Waals surface area contributed by atoms with Crippen LogP contribution in [0.4, 0.5) is 5.69 Å². The van der Waals surface area contributed by atoms with Crippen molar-refractivity contribution in [3.8, 4) is 0 Å². The summed E-state index contributed by atoms with van der Waals surface area (Å²) in [6.07, 6.45) is 0. The molecule has 11 heteroatoms. The predicted molar refractivity (Wildman–Crippen MR) is 79.4 cm³/mol. The van der Waals surface area contributed by atoms with Crippen LogP contribution in [0.15, 0.2) is 47.4 Å². The van der Waals surface area contributed by atoms with E-state index in [0.717, 1.165) is 18.2 Å². The maximum absolute atomic E-state index is 12.3. The Bertz CT molecular complexity index is 1020. The van der Waals surface area contributed by atoms with E-state index in [-0.39, 0.29) is 5.02 Å². The van der Waals surface area contributed by atoms with Gasteiger partial charge in [-0.1, -0.05) is 28.6 Å². The molecule has 0 unspecified atom stereocenters. The Morgan fingerprint density at radius 3 is 2.70 bits per heavy atom. The second-order valence-electron chi connectivity index (χ2n) is 4.35. The highest BCUT2D eigenvalue weighted by Crippen LogP contribution is 2.26. The van der Waals surface area contributed by atoms with E-state index in [9.17, 15) is 18.5 Å². The van der Waals surface area contributed by atoms with Crippen molar-refractivity contribution < 1.29 is 17.6 Å². The second kappa shape index (κ2) is 5.48. The molecule has 1 aromatic heterocycles. The molecule has 0 aliphatic heterocycles. The molecule has 0 aliphatic rings. The zero-order valence-corrected chi connectivity index (χ0v) is 12.7. The zero-order valence-electron chi connectivity index (χ0n) is 11.2. The molecule has 0 saturated heterocycles. The van der Waals surface area contributed by atoms with E-state index in [1.807, 2.05) is 0 Å². The van der Waals surface area contributed by atoms with Crippen LogP contribution in [-0.2, 0) is 10.1 Å². The summed E-state index contributed by atoms with van der Waals surface area (Å²) in [6.45, 7) is 0. The lowest BCUT2D eigenvalue weighted by Crippen LogP contribution is -2.22. The molecule has 9 nitrogen and oxygen atoms in total. The van der Waals surface area contributed by atoms with Crippen LogP contribution in [0.25, 0.3) is 11.0 Å². The van der Waals surface area contributed by atoms with Crippen molar-refractivity contribution in [2.75, 3.05) is 0 Å². The van der Waals surface area contributed by atoms with Gasteiger partial charge in [0, 0.05) is 12.1 Å². The standard InChI is InChI=1S/C12H7ClN4O5S/c13-9-6-5-8(17(18)19)7-12(9)23(20,21)22-16-11-4-2-1-3-10(11)14-15-16/h1-7H. The molecule has 23 heavy (non-hydrogen) atoms. The molecule has 0 spiro atoms. The summed E-state index contributed by atoms with van der Waals surface area (Å²) in [4.78, 5) is 10.2. The molecule has 0 fully saturated rings. The van der Waals surface area contributed by atoms with Crippen LogP contribution >= 0.6 is 11.6 Å². The normalized spacial score (nSPS) is 11.5. The van der Waals surface area contributed by atoms with E-state index in [1.54, 1.807) is 24.3 Å². The minimum absolute atomic E-state index is 0.208. The quantitative estimate of drug-likeness (QED) is 0.518. The molecular formula is C12H7ClN4O5S. The summed E-state index contributed by atoms with van der Waals surface area (Å²) in [5.74, 6) is 0. The van der Waals surface area contributed by atoms with Crippen LogP contribution in [0.3, 0.4) is 0 Å². The molecule has 2 aromatic carbocycles. The Kier molecular flexibility index (Phi) is 3.62. The Labute approximate surface area is 134 Å².